The molecule has 0 radical (unpaired) electrons. The quantitative estimate of drug-likeness (QED) is 0.756. The number of anilines is 1. The maximum atomic E-state index is 4.43. The number of rotatable bonds is 3. The summed E-state index contributed by atoms with van der Waals surface area (Å²) in [5, 5.41) is 16.1. The van der Waals surface area contributed by atoms with Crippen molar-refractivity contribution < 1.29 is 0 Å². The second-order valence-electron chi connectivity index (χ2n) is 4.76. The summed E-state index contributed by atoms with van der Waals surface area (Å²) in [6, 6.07) is 6.11. The molecule has 2 heterocycles. The van der Waals surface area contributed by atoms with Crippen molar-refractivity contribution in [2.75, 3.05) is 5.32 Å². The zero-order valence-electron chi connectivity index (χ0n) is 11.4. The number of aromatic amines is 1. The number of hydrogen-bond donors (Lipinski definition) is 2. The molecule has 19 heavy (non-hydrogen) atoms. The van der Waals surface area contributed by atoms with Gasteiger partial charge >= 0.3 is 0 Å². The average molecular weight is 255 g/mol. The second-order valence-corrected chi connectivity index (χ2v) is 4.76. The summed E-state index contributed by atoms with van der Waals surface area (Å²) in [5.41, 5.74) is 5.66. The lowest BCUT2D eigenvalue weighted by atomic mass is 10.1. The van der Waals surface area contributed by atoms with E-state index in [-0.39, 0.29) is 0 Å². The van der Waals surface area contributed by atoms with E-state index in [0.717, 1.165) is 28.8 Å². The first-order chi connectivity index (χ1) is 9.16. The fraction of sp³-hybridized carbons (Fsp3) is 0.286. The zero-order valence-corrected chi connectivity index (χ0v) is 11.4. The van der Waals surface area contributed by atoms with Crippen LogP contribution in [0, 0.1) is 13.8 Å². The van der Waals surface area contributed by atoms with Crippen LogP contribution >= 0.6 is 0 Å². The minimum absolute atomic E-state index is 0.774. The largest absolute Gasteiger partial charge is 0.380 e. The molecule has 2 aromatic heterocycles. The molecule has 98 valence electrons. The van der Waals surface area contributed by atoms with Crippen molar-refractivity contribution in [2.24, 2.45) is 7.05 Å². The van der Waals surface area contributed by atoms with Gasteiger partial charge < -0.3 is 5.32 Å². The molecule has 5 heteroatoms. The molecule has 0 saturated heterocycles. The fourth-order valence-electron chi connectivity index (χ4n) is 2.38. The van der Waals surface area contributed by atoms with Gasteiger partial charge in [0.1, 0.15) is 0 Å². The van der Waals surface area contributed by atoms with Gasteiger partial charge in [-0.05, 0) is 26.0 Å². The number of fused-ring (bicyclic) bond motifs is 1. The second kappa shape index (κ2) is 4.42. The standard InChI is InChI=1S/C14H17N5/c1-9-11(10(2)19(3)18-9)7-15-13-5-4-6-14-12(13)8-16-17-14/h4-6,8,15H,7H2,1-3H3,(H,16,17). The number of hydrogen-bond acceptors (Lipinski definition) is 3. The third kappa shape index (κ3) is 1.97. The van der Waals surface area contributed by atoms with E-state index < -0.39 is 0 Å². The Bertz CT molecular complexity index is 723. The fourth-order valence-corrected chi connectivity index (χ4v) is 2.38. The minimum atomic E-state index is 0.774. The van der Waals surface area contributed by atoms with Gasteiger partial charge in [-0.25, -0.2) is 0 Å². The summed E-state index contributed by atoms with van der Waals surface area (Å²) in [6.07, 6.45) is 1.85. The smallest absolute Gasteiger partial charge is 0.0671 e. The van der Waals surface area contributed by atoms with Crippen LogP contribution in [0.5, 0.6) is 0 Å². The lowest BCUT2D eigenvalue weighted by Crippen LogP contribution is -2.02. The lowest BCUT2D eigenvalue weighted by Gasteiger charge is -2.08. The van der Waals surface area contributed by atoms with Crippen LogP contribution in [0.4, 0.5) is 5.69 Å². The van der Waals surface area contributed by atoms with Crippen LogP contribution in [0.1, 0.15) is 17.0 Å². The molecule has 3 rings (SSSR count). The maximum Gasteiger partial charge on any atom is 0.0671 e. The average Bonchev–Trinajstić information content (AvgIpc) is 2.95. The molecule has 2 N–H and O–H groups in total. The van der Waals surface area contributed by atoms with Gasteiger partial charge in [-0.3, -0.25) is 9.78 Å². The van der Waals surface area contributed by atoms with Gasteiger partial charge in [0, 0.05) is 35.9 Å². The van der Waals surface area contributed by atoms with Crippen molar-refractivity contribution in [3.8, 4) is 0 Å². The Balaban J connectivity index is 1.88. The van der Waals surface area contributed by atoms with Gasteiger partial charge in [-0.15, -0.1) is 0 Å². The number of nitrogens with zero attached hydrogens (tertiary/aromatic N) is 3. The van der Waals surface area contributed by atoms with Crippen LogP contribution in [0.2, 0.25) is 0 Å². The Labute approximate surface area is 111 Å². The highest BCUT2D eigenvalue weighted by atomic mass is 15.3. The molecule has 0 fully saturated rings. The molecule has 0 aliphatic carbocycles. The molecule has 0 atom stereocenters. The van der Waals surface area contributed by atoms with E-state index in [4.69, 9.17) is 0 Å². The summed E-state index contributed by atoms with van der Waals surface area (Å²) in [4.78, 5) is 0. The Morgan fingerprint density at radius 3 is 2.89 bits per heavy atom. The number of aromatic nitrogens is 4. The molecule has 0 aliphatic rings. The Kier molecular flexibility index (Phi) is 2.74. The van der Waals surface area contributed by atoms with Gasteiger partial charge in [-0.2, -0.15) is 10.2 Å². The topological polar surface area (TPSA) is 58.5 Å². The molecule has 0 aliphatic heterocycles. The van der Waals surface area contributed by atoms with Crippen molar-refractivity contribution in [3.63, 3.8) is 0 Å². The van der Waals surface area contributed by atoms with Gasteiger partial charge in [0.15, 0.2) is 0 Å². The Hall–Kier alpha value is -2.30. The molecule has 1 aromatic carbocycles. The van der Waals surface area contributed by atoms with Crippen molar-refractivity contribution in [2.45, 2.75) is 20.4 Å². The molecule has 0 spiro atoms. The number of aryl methyl sites for hydroxylation is 2. The van der Waals surface area contributed by atoms with E-state index in [2.05, 4.69) is 33.6 Å². The zero-order chi connectivity index (χ0) is 13.4. The first-order valence-corrected chi connectivity index (χ1v) is 6.32. The third-order valence-electron chi connectivity index (χ3n) is 3.60. The van der Waals surface area contributed by atoms with Crippen LogP contribution in [0.15, 0.2) is 24.4 Å². The van der Waals surface area contributed by atoms with Gasteiger partial charge in [0.25, 0.3) is 0 Å². The van der Waals surface area contributed by atoms with E-state index >= 15 is 0 Å². The molecule has 0 amide bonds. The SMILES string of the molecule is Cc1nn(C)c(C)c1CNc1cccc2[nH]ncc12. The molecule has 5 nitrogen and oxygen atoms in total. The number of H-pyrrole nitrogens is 1. The van der Waals surface area contributed by atoms with E-state index in [0.29, 0.717) is 0 Å². The highest BCUT2D eigenvalue weighted by Gasteiger charge is 2.09. The highest BCUT2D eigenvalue weighted by Crippen LogP contribution is 2.22. The van der Waals surface area contributed by atoms with Gasteiger partial charge in [-0.1, -0.05) is 6.07 Å². The molecule has 0 saturated carbocycles. The van der Waals surface area contributed by atoms with Crippen LogP contribution in [0.25, 0.3) is 10.9 Å². The maximum absolute atomic E-state index is 4.43. The van der Waals surface area contributed by atoms with E-state index in [9.17, 15) is 0 Å². The Morgan fingerprint density at radius 2 is 2.16 bits per heavy atom. The van der Waals surface area contributed by atoms with Crippen LogP contribution in [-0.2, 0) is 13.6 Å². The van der Waals surface area contributed by atoms with Gasteiger partial charge in [0.2, 0.25) is 0 Å². The van der Waals surface area contributed by atoms with Crippen LogP contribution < -0.4 is 5.32 Å². The molecule has 0 unspecified atom stereocenters. The third-order valence-corrected chi connectivity index (χ3v) is 3.60. The van der Waals surface area contributed by atoms with E-state index in [1.54, 1.807) is 0 Å². The highest BCUT2D eigenvalue weighted by molar-refractivity contribution is 5.90. The predicted octanol–water partition coefficient (Wildman–Crippen LogP) is 2.53. The van der Waals surface area contributed by atoms with Crippen molar-refractivity contribution >= 4 is 16.6 Å². The van der Waals surface area contributed by atoms with Crippen LogP contribution in [-0.4, -0.2) is 20.0 Å². The van der Waals surface area contributed by atoms with Crippen LogP contribution in [0.3, 0.4) is 0 Å². The molecular formula is C14H17N5. The normalized spacial score (nSPS) is 11.1. The summed E-state index contributed by atoms with van der Waals surface area (Å²) in [7, 11) is 1.97. The first-order valence-electron chi connectivity index (χ1n) is 6.32. The predicted molar refractivity (Wildman–Crippen MR) is 76.1 cm³/mol. The summed E-state index contributed by atoms with van der Waals surface area (Å²) in [5.74, 6) is 0. The monoisotopic (exact) mass is 255 g/mol. The molecule has 3 aromatic rings. The van der Waals surface area contributed by atoms with E-state index in [1.165, 1.54) is 11.3 Å². The summed E-state index contributed by atoms with van der Waals surface area (Å²) >= 11 is 0. The van der Waals surface area contributed by atoms with Crippen molar-refractivity contribution in [1.29, 1.82) is 0 Å². The molecule has 0 bridgehead atoms. The number of benzene rings is 1. The first kappa shape index (κ1) is 11.8. The van der Waals surface area contributed by atoms with E-state index in [1.807, 2.05) is 37.0 Å². The van der Waals surface area contributed by atoms with Gasteiger partial charge in [0.05, 0.1) is 17.4 Å². The minimum Gasteiger partial charge on any atom is -0.380 e. The lowest BCUT2D eigenvalue weighted by molar-refractivity contribution is 0.730. The molecular weight excluding hydrogens is 238 g/mol. The summed E-state index contributed by atoms with van der Waals surface area (Å²) < 4.78 is 1.92. The van der Waals surface area contributed by atoms with Crippen molar-refractivity contribution in [1.82, 2.24) is 20.0 Å². The van der Waals surface area contributed by atoms with Crippen molar-refractivity contribution in [3.05, 3.63) is 41.3 Å². The Morgan fingerprint density at radius 1 is 1.32 bits per heavy atom. The summed E-state index contributed by atoms with van der Waals surface area (Å²) in [6.45, 7) is 4.91. The number of nitrogens with one attached hydrogen (secondary N) is 2.